The van der Waals surface area contributed by atoms with Crippen molar-refractivity contribution >= 4 is 23.4 Å². The molecule has 214 valence electrons. The molecule has 39 heavy (non-hydrogen) atoms. The lowest BCUT2D eigenvalue weighted by molar-refractivity contribution is -0.133. The number of carbonyl (C=O) groups is 1. The van der Waals surface area contributed by atoms with Gasteiger partial charge in [0.05, 0.1) is 0 Å². The van der Waals surface area contributed by atoms with E-state index in [1.807, 2.05) is 4.90 Å². The third-order valence-corrected chi connectivity index (χ3v) is 8.64. The van der Waals surface area contributed by atoms with Crippen LogP contribution < -0.4 is 5.32 Å². The number of likely N-dealkylation sites (tertiary alicyclic amines) is 2. The van der Waals surface area contributed by atoms with Crippen LogP contribution >= 0.6 is 11.8 Å². The van der Waals surface area contributed by atoms with Crippen LogP contribution in [0.25, 0.3) is 0 Å². The quantitative estimate of drug-likeness (QED) is 0.342. The van der Waals surface area contributed by atoms with E-state index in [4.69, 9.17) is 0 Å². The van der Waals surface area contributed by atoms with Gasteiger partial charge in [0.1, 0.15) is 0 Å². The van der Waals surface area contributed by atoms with Gasteiger partial charge in [-0.2, -0.15) is 13.2 Å². The highest BCUT2D eigenvalue weighted by Crippen LogP contribution is 2.37. The highest BCUT2D eigenvalue weighted by atomic mass is 32.2. The SMILES string of the molecule is CC(C)(C)c1ccc(NC2CCN(CCC(=O)N3CCC[C@H](Cc4ccc(SC(F)(F)F)cc4)C3)CC2)cc1. The van der Waals surface area contributed by atoms with Crippen LogP contribution in [0, 0.1) is 5.92 Å². The molecule has 2 aliphatic heterocycles. The van der Waals surface area contributed by atoms with Crippen LogP contribution in [0.4, 0.5) is 18.9 Å². The first-order valence-corrected chi connectivity index (χ1v) is 15.0. The molecule has 4 nitrogen and oxygen atoms in total. The van der Waals surface area contributed by atoms with Gasteiger partial charge in [-0.25, -0.2) is 0 Å². The molecule has 0 radical (unpaired) electrons. The minimum Gasteiger partial charge on any atom is -0.382 e. The van der Waals surface area contributed by atoms with Crippen molar-refractivity contribution in [1.82, 2.24) is 9.80 Å². The van der Waals surface area contributed by atoms with Gasteiger partial charge in [-0.1, -0.05) is 45.0 Å². The largest absolute Gasteiger partial charge is 0.446 e. The zero-order valence-electron chi connectivity index (χ0n) is 23.4. The summed E-state index contributed by atoms with van der Waals surface area (Å²) < 4.78 is 37.7. The van der Waals surface area contributed by atoms with E-state index in [1.165, 1.54) is 11.3 Å². The molecule has 0 saturated carbocycles. The molecular weight excluding hydrogens is 519 g/mol. The topological polar surface area (TPSA) is 35.6 Å². The third-order valence-electron chi connectivity index (χ3n) is 7.90. The fourth-order valence-corrected chi connectivity index (χ4v) is 6.17. The molecule has 1 atom stereocenters. The average molecular weight is 562 g/mol. The molecule has 8 heteroatoms. The summed E-state index contributed by atoms with van der Waals surface area (Å²) in [6.07, 6.45) is 5.50. The summed E-state index contributed by atoms with van der Waals surface area (Å²) in [6.45, 7) is 11.0. The predicted octanol–water partition coefficient (Wildman–Crippen LogP) is 7.34. The first-order valence-electron chi connectivity index (χ1n) is 14.2. The number of nitrogens with zero attached hydrogens (tertiary/aromatic N) is 2. The van der Waals surface area contributed by atoms with Crippen molar-refractivity contribution in [3.63, 3.8) is 0 Å². The number of carbonyl (C=O) groups excluding carboxylic acids is 1. The van der Waals surface area contributed by atoms with Crippen LogP contribution in [0.3, 0.4) is 0 Å². The Hall–Kier alpha value is -2.19. The van der Waals surface area contributed by atoms with Crippen molar-refractivity contribution in [2.24, 2.45) is 5.92 Å². The Labute approximate surface area is 235 Å². The molecule has 0 aromatic heterocycles. The molecule has 2 saturated heterocycles. The average Bonchev–Trinajstić information content (AvgIpc) is 2.88. The summed E-state index contributed by atoms with van der Waals surface area (Å²) >= 11 is -0.0822. The van der Waals surface area contributed by atoms with Gasteiger partial charge in [-0.15, -0.1) is 0 Å². The second-order valence-electron chi connectivity index (χ2n) is 12.1. The lowest BCUT2D eigenvalue weighted by atomic mass is 9.87. The molecule has 2 aromatic rings. The van der Waals surface area contributed by atoms with Crippen LogP contribution in [0.1, 0.15) is 64.0 Å². The van der Waals surface area contributed by atoms with Gasteiger partial charge in [0.25, 0.3) is 0 Å². The van der Waals surface area contributed by atoms with E-state index < -0.39 is 5.51 Å². The van der Waals surface area contributed by atoms with Gasteiger partial charge in [-0.3, -0.25) is 4.79 Å². The summed E-state index contributed by atoms with van der Waals surface area (Å²) in [7, 11) is 0. The van der Waals surface area contributed by atoms with Crippen LogP contribution in [-0.4, -0.2) is 60.0 Å². The zero-order valence-corrected chi connectivity index (χ0v) is 24.2. The maximum atomic E-state index is 13.0. The molecule has 2 aliphatic rings. The van der Waals surface area contributed by atoms with Gasteiger partial charge in [-0.05, 0) is 90.6 Å². The minimum atomic E-state index is -4.27. The zero-order chi connectivity index (χ0) is 28.0. The smallest absolute Gasteiger partial charge is 0.382 e. The number of alkyl halides is 3. The van der Waals surface area contributed by atoms with Crippen molar-refractivity contribution in [2.75, 3.05) is 38.0 Å². The molecule has 2 fully saturated rings. The molecule has 1 N–H and O–H groups in total. The van der Waals surface area contributed by atoms with Gasteiger partial charge in [0, 0.05) is 55.8 Å². The summed E-state index contributed by atoms with van der Waals surface area (Å²) in [6, 6.07) is 15.9. The molecule has 0 spiro atoms. The van der Waals surface area contributed by atoms with Gasteiger partial charge < -0.3 is 15.1 Å². The van der Waals surface area contributed by atoms with Crippen LogP contribution in [0.2, 0.25) is 0 Å². The highest BCUT2D eigenvalue weighted by molar-refractivity contribution is 8.00. The van der Waals surface area contributed by atoms with E-state index in [2.05, 4.69) is 55.3 Å². The number of benzene rings is 2. The fraction of sp³-hybridized carbons (Fsp3) is 0.581. The number of nitrogens with one attached hydrogen (secondary N) is 1. The Morgan fingerprint density at radius 3 is 2.23 bits per heavy atom. The van der Waals surface area contributed by atoms with Crippen molar-refractivity contribution in [1.29, 1.82) is 0 Å². The molecule has 0 aliphatic carbocycles. The maximum Gasteiger partial charge on any atom is 0.446 e. The van der Waals surface area contributed by atoms with Gasteiger partial charge in [0.2, 0.25) is 5.91 Å². The fourth-order valence-electron chi connectivity index (χ4n) is 5.63. The van der Waals surface area contributed by atoms with Crippen LogP contribution in [0.15, 0.2) is 53.4 Å². The van der Waals surface area contributed by atoms with E-state index in [-0.39, 0.29) is 28.0 Å². The number of rotatable bonds is 8. The number of piperidine rings is 2. The normalized spacial score (nSPS) is 19.7. The van der Waals surface area contributed by atoms with E-state index >= 15 is 0 Å². The Bertz CT molecular complexity index is 1060. The molecular formula is C31H42F3N3OS. The van der Waals surface area contributed by atoms with Crippen molar-refractivity contribution in [2.45, 2.75) is 81.2 Å². The molecule has 1 amide bonds. The minimum absolute atomic E-state index is 0.0822. The van der Waals surface area contributed by atoms with E-state index in [0.717, 1.165) is 70.4 Å². The highest BCUT2D eigenvalue weighted by Gasteiger charge is 2.29. The monoisotopic (exact) mass is 561 g/mol. The number of hydrogen-bond acceptors (Lipinski definition) is 4. The number of hydrogen-bond donors (Lipinski definition) is 1. The maximum absolute atomic E-state index is 13.0. The Morgan fingerprint density at radius 1 is 0.949 bits per heavy atom. The third kappa shape index (κ3) is 9.45. The van der Waals surface area contributed by atoms with Crippen molar-refractivity contribution in [3.05, 3.63) is 59.7 Å². The van der Waals surface area contributed by atoms with Gasteiger partial charge >= 0.3 is 5.51 Å². The Balaban J connectivity index is 1.16. The number of amides is 1. The lowest BCUT2D eigenvalue weighted by Crippen LogP contribution is -2.43. The standard InChI is InChI=1S/C31H42F3N3OS/c1-30(2,3)25-8-10-26(11-9-25)35-27-14-18-36(19-15-27)20-16-29(38)37-17-4-5-24(22-37)21-23-6-12-28(13-7-23)39-31(32,33)34/h6-13,24,27,35H,4-5,14-22H2,1-3H3/t24-/m1/s1. The molecule has 0 unspecified atom stereocenters. The first-order chi connectivity index (χ1) is 18.4. The van der Waals surface area contributed by atoms with E-state index in [1.54, 1.807) is 24.3 Å². The van der Waals surface area contributed by atoms with Gasteiger partial charge in [0.15, 0.2) is 0 Å². The number of anilines is 1. The molecule has 0 bridgehead atoms. The van der Waals surface area contributed by atoms with Crippen molar-refractivity contribution in [3.8, 4) is 0 Å². The van der Waals surface area contributed by atoms with E-state index in [9.17, 15) is 18.0 Å². The Morgan fingerprint density at radius 2 is 1.62 bits per heavy atom. The Kier molecular flexibility index (Phi) is 9.92. The summed E-state index contributed by atoms with van der Waals surface area (Å²) in [5.41, 5.74) is -0.567. The second kappa shape index (κ2) is 13.0. The summed E-state index contributed by atoms with van der Waals surface area (Å²) in [4.78, 5) is 17.6. The predicted molar refractivity (Wildman–Crippen MR) is 154 cm³/mol. The van der Waals surface area contributed by atoms with E-state index in [0.29, 0.717) is 18.4 Å². The second-order valence-corrected chi connectivity index (χ2v) is 13.2. The summed E-state index contributed by atoms with van der Waals surface area (Å²) in [5.74, 6) is 0.568. The van der Waals surface area contributed by atoms with Crippen molar-refractivity contribution < 1.29 is 18.0 Å². The first kappa shape index (κ1) is 29.8. The molecule has 2 heterocycles. The summed E-state index contributed by atoms with van der Waals surface area (Å²) in [5, 5.41) is 3.68. The lowest BCUT2D eigenvalue weighted by Gasteiger charge is -2.35. The number of halogens is 3. The van der Waals surface area contributed by atoms with Crippen LogP contribution in [-0.2, 0) is 16.6 Å². The molecule has 2 aromatic carbocycles. The van der Waals surface area contributed by atoms with Crippen LogP contribution in [0.5, 0.6) is 0 Å². The molecule has 4 rings (SSSR count). The number of thioether (sulfide) groups is 1.